The molecule has 2 saturated heterocycles. The molecule has 3 fully saturated rings. The minimum atomic E-state index is -0.121. The molecule has 0 aromatic rings. The fraction of sp³-hybridized carbons (Fsp3) is 1.00. The van der Waals surface area contributed by atoms with E-state index in [4.69, 9.17) is 0 Å². The molecule has 0 amide bonds. The first-order chi connectivity index (χ1) is 15.5. The second kappa shape index (κ2) is 14.7. The van der Waals surface area contributed by atoms with Crippen molar-refractivity contribution < 1.29 is 10.2 Å². The molecule has 8 atom stereocenters. The molecule has 1 aliphatic carbocycles. The van der Waals surface area contributed by atoms with E-state index in [1.54, 1.807) is 0 Å². The largest absolute Gasteiger partial charge is 0.392 e. The summed E-state index contributed by atoms with van der Waals surface area (Å²) in [5.74, 6) is 3.91. The Hall–Kier alpha value is 2.02. The molecular formula is C24H44O2S6. The van der Waals surface area contributed by atoms with Crippen molar-refractivity contribution in [3.63, 3.8) is 0 Å². The molecule has 0 aromatic heterocycles. The average Bonchev–Trinajstić information content (AvgIpc) is 3.47. The van der Waals surface area contributed by atoms with Gasteiger partial charge in [0.15, 0.2) is 0 Å². The van der Waals surface area contributed by atoms with Crippen LogP contribution in [0.15, 0.2) is 0 Å². The van der Waals surface area contributed by atoms with Crippen molar-refractivity contribution in [2.45, 2.75) is 108 Å². The molecule has 0 spiro atoms. The molecule has 2 nitrogen and oxygen atoms in total. The Kier molecular flexibility index (Phi) is 13.1. The number of aliphatic hydroxyl groups excluding tert-OH is 2. The highest BCUT2D eigenvalue weighted by atomic mass is 32.2. The molecule has 3 rings (SSSR count). The Morgan fingerprint density at radius 2 is 1.09 bits per heavy atom. The third-order valence-electron chi connectivity index (χ3n) is 7.32. The van der Waals surface area contributed by atoms with Crippen LogP contribution in [-0.2, 0) is 0 Å². The SMILES string of the molecule is CCCC(O)C1CSC(C(SC)C2CCC(C(SC)C3SCC(C(O)CCC)S3)CC2)S1. The Morgan fingerprint density at radius 1 is 0.719 bits per heavy atom. The van der Waals surface area contributed by atoms with Gasteiger partial charge in [-0.05, 0) is 62.9 Å². The van der Waals surface area contributed by atoms with Gasteiger partial charge in [-0.15, -0.1) is 47.0 Å². The highest BCUT2D eigenvalue weighted by Crippen LogP contribution is 2.52. The average molecular weight is 557 g/mol. The number of aliphatic hydroxyl groups is 2. The van der Waals surface area contributed by atoms with Gasteiger partial charge in [-0.1, -0.05) is 26.7 Å². The summed E-state index contributed by atoms with van der Waals surface area (Å²) in [5.41, 5.74) is 0. The van der Waals surface area contributed by atoms with Crippen LogP contribution in [0.25, 0.3) is 0 Å². The van der Waals surface area contributed by atoms with E-state index in [1.165, 1.54) is 25.7 Å². The van der Waals surface area contributed by atoms with E-state index in [0.717, 1.165) is 59.5 Å². The van der Waals surface area contributed by atoms with E-state index >= 15 is 0 Å². The van der Waals surface area contributed by atoms with Crippen LogP contribution in [-0.4, -0.2) is 76.6 Å². The first-order valence-electron chi connectivity index (χ1n) is 12.5. The predicted molar refractivity (Wildman–Crippen MR) is 157 cm³/mol. The quantitative estimate of drug-likeness (QED) is 0.268. The monoisotopic (exact) mass is 556 g/mol. The van der Waals surface area contributed by atoms with Crippen molar-refractivity contribution in [3.8, 4) is 0 Å². The molecule has 0 aromatic carbocycles. The summed E-state index contributed by atoms with van der Waals surface area (Å²) in [4.78, 5) is 0. The molecule has 2 aliphatic heterocycles. The van der Waals surface area contributed by atoms with Crippen LogP contribution in [0.1, 0.15) is 65.2 Å². The molecule has 0 radical (unpaired) electrons. The molecule has 8 unspecified atom stereocenters. The summed E-state index contributed by atoms with van der Waals surface area (Å²) < 4.78 is 1.31. The van der Waals surface area contributed by atoms with Gasteiger partial charge in [0.1, 0.15) is 0 Å². The molecule has 3 aliphatic rings. The first kappa shape index (κ1) is 28.6. The predicted octanol–water partition coefficient (Wildman–Crippen LogP) is 6.93. The smallest absolute Gasteiger partial charge is 0.0667 e. The summed E-state index contributed by atoms with van der Waals surface area (Å²) in [7, 11) is 0. The van der Waals surface area contributed by atoms with Gasteiger partial charge in [-0.25, -0.2) is 0 Å². The maximum atomic E-state index is 10.5. The summed E-state index contributed by atoms with van der Waals surface area (Å²) in [6.45, 7) is 4.35. The van der Waals surface area contributed by atoms with E-state index in [1.807, 2.05) is 0 Å². The Bertz CT molecular complexity index is 487. The number of hydrogen-bond acceptors (Lipinski definition) is 8. The standard InChI is InChI=1S/C24H44O2S6/c1-5-7-17(25)19-13-29-23(31-19)21(27-3)15-9-11-16(12-10-15)22(28-4)24-30-14-20(32-24)18(26)8-6-2/h15-26H,5-14H2,1-4H3. The Morgan fingerprint density at radius 3 is 1.41 bits per heavy atom. The molecule has 2 N–H and O–H groups in total. The minimum Gasteiger partial charge on any atom is -0.392 e. The maximum absolute atomic E-state index is 10.5. The second-order valence-corrected chi connectivity index (χ2v) is 17.3. The van der Waals surface area contributed by atoms with Gasteiger partial charge < -0.3 is 10.2 Å². The Labute approximate surface area is 222 Å². The highest BCUT2D eigenvalue weighted by Gasteiger charge is 2.43. The zero-order chi connectivity index (χ0) is 23.1. The molecule has 1 saturated carbocycles. The van der Waals surface area contributed by atoms with Gasteiger partial charge in [-0.3, -0.25) is 0 Å². The van der Waals surface area contributed by atoms with Crippen LogP contribution >= 0.6 is 70.6 Å². The van der Waals surface area contributed by atoms with Crippen LogP contribution in [0.2, 0.25) is 0 Å². The molecule has 0 bridgehead atoms. The normalized spacial score (nSPS) is 37.3. The molecule has 2 heterocycles. The summed E-state index contributed by atoms with van der Waals surface area (Å²) in [6, 6.07) is 0. The van der Waals surface area contributed by atoms with Crippen molar-refractivity contribution in [3.05, 3.63) is 0 Å². The van der Waals surface area contributed by atoms with Crippen LogP contribution < -0.4 is 0 Å². The van der Waals surface area contributed by atoms with E-state index < -0.39 is 0 Å². The lowest BCUT2D eigenvalue weighted by molar-refractivity contribution is 0.166. The van der Waals surface area contributed by atoms with Crippen molar-refractivity contribution in [1.29, 1.82) is 0 Å². The number of thioether (sulfide) groups is 6. The van der Waals surface area contributed by atoms with Gasteiger partial charge in [-0.2, -0.15) is 23.5 Å². The summed E-state index contributed by atoms with van der Waals surface area (Å²) in [6.07, 6.45) is 13.9. The van der Waals surface area contributed by atoms with E-state index in [2.05, 4.69) is 96.9 Å². The lowest BCUT2D eigenvalue weighted by Crippen LogP contribution is -2.34. The van der Waals surface area contributed by atoms with Crippen molar-refractivity contribution in [1.82, 2.24) is 0 Å². The lowest BCUT2D eigenvalue weighted by atomic mass is 9.79. The molecular weight excluding hydrogens is 513 g/mol. The first-order valence-corrected chi connectivity index (χ1v) is 19.0. The number of rotatable bonds is 12. The topological polar surface area (TPSA) is 40.5 Å². The second-order valence-electron chi connectivity index (χ2n) is 9.54. The summed E-state index contributed by atoms with van der Waals surface area (Å²) in [5, 5.41) is 23.3. The molecule has 32 heavy (non-hydrogen) atoms. The lowest BCUT2D eigenvalue weighted by Gasteiger charge is -2.39. The van der Waals surface area contributed by atoms with Crippen LogP contribution in [0.4, 0.5) is 0 Å². The Balaban J connectivity index is 1.49. The van der Waals surface area contributed by atoms with Crippen LogP contribution in [0.3, 0.4) is 0 Å². The van der Waals surface area contributed by atoms with E-state index in [0.29, 0.717) is 19.7 Å². The minimum absolute atomic E-state index is 0.121. The third-order valence-corrected chi connectivity index (χ3v) is 17.4. The third kappa shape index (κ3) is 7.52. The maximum Gasteiger partial charge on any atom is 0.0667 e. The highest BCUT2D eigenvalue weighted by molar-refractivity contribution is 8.22. The van der Waals surface area contributed by atoms with Gasteiger partial charge in [0.2, 0.25) is 0 Å². The zero-order valence-corrected chi connectivity index (χ0v) is 25.1. The van der Waals surface area contributed by atoms with Gasteiger partial charge >= 0.3 is 0 Å². The number of hydrogen-bond donors (Lipinski definition) is 2. The van der Waals surface area contributed by atoms with E-state index in [-0.39, 0.29) is 12.2 Å². The van der Waals surface area contributed by atoms with Crippen molar-refractivity contribution >= 4 is 70.6 Å². The fourth-order valence-electron chi connectivity index (χ4n) is 5.45. The van der Waals surface area contributed by atoms with Crippen LogP contribution in [0, 0.1) is 11.8 Å². The fourth-order valence-corrected chi connectivity index (χ4v) is 16.6. The zero-order valence-electron chi connectivity index (χ0n) is 20.2. The molecule has 188 valence electrons. The van der Waals surface area contributed by atoms with Gasteiger partial charge in [0, 0.05) is 32.5 Å². The van der Waals surface area contributed by atoms with Gasteiger partial charge in [0.25, 0.3) is 0 Å². The van der Waals surface area contributed by atoms with Crippen LogP contribution in [0.5, 0.6) is 0 Å². The van der Waals surface area contributed by atoms with Crippen molar-refractivity contribution in [2.24, 2.45) is 11.8 Å². The van der Waals surface area contributed by atoms with Gasteiger partial charge in [0.05, 0.1) is 21.4 Å². The summed E-state index contributed by atoms with van der Waals surface area (Å²) >= 11 is 12.6. The van der Waals surface area contributed by atoms with Crippen molar-refractivity contribution in [2.75, 3.05) is 24.0 Å². The molecule has 8 heteroatoms. The van der Waals surface area contributed by atoms with E-state index in [9.17, 15) is 10.2 Å².